The summed E-state index contributed by atoms with van der Waals surface area (Å²) >= 11 is 0. The second-order valence-electron chi connectivity index (χ2n) is 3.15. The zero-order valence-corrected chi connectivity index (χ0v) is 14.2. The zero-order valence-electron chi connectivity index (χ0n) is 9.89. The van der Waals surface area contributed by atoms with E-state index in [1.807, 2.05) is 18.2 Å². The fraction of sp³-hybridized carbons (Fsp3) is 0.417. The zero-order chi connectivity index (χ0) is 8.65. The summed E-state index contributed by atoms with van der Waals surface area (Å²) in [7, 11) is 0. The van der Waals surface area contributed by atoms with Gasteiger partial charge in [0.25, 0.3) is 0 Å². The van der Waals surface area contributed by atoms with E-state index in [2.05, 4.69) is 25.5 Å². The van der Waals surface area contributed by atoms with Crippen LogP contribution in [0.1, 0.15) is 31.2 Å². The van der Waals surface area contributed by atoms with Crippen molar-refractivity contribution in [1.29, 1.82) is 0 Å². The molecule has 0 bridgehead atoms. The number of halogens is 2. The molecule has 4 heteroatoms. The van der Waals surface area contributed by atoms with E-state index in [-0.39, 0.29) is 70.9 Å². The second kappa shape index (κ2) is 18.7. The predicted molar refractivity (Wildman–Crippen MR) is 64.3 cm³/mol. The SMILES string of the molecule is Cc1c[c-]ccc1.[CH-]1CCCC1.[Cl-].[Cl-].[Mg+2].[Mg+2]. The number of hydrogen-bond acceptors (Lipinski definition) is 0. The minimum Gasteiger partial charge on any atom is -1.00 e. The average molecular weight is 280 g/mol. The van der Waals surface area contributed by atoms with Crippen LogP contribution in [0.5, 0.6) is 0 Å². The van der Waals surface area contributed by atoms with Gasteiger partial charge in [-0.3, -0.25) is 0 Å². The first kappa shape index (κ1) is 26.0. The van der Waals surface area contributed by atoms with E-state index < -0.39 is 0 Å². The molecule has 0 unspecified atom stereocenters. The maximum Gasteiger partial charge on any atom is 2.00 e. The van der Waals surface area contributed by atoms with Crippen molar-refractivity contribution < 1.29 is 24.8 Å². The molecule has 1 saturated carbocycles. The summed E-state index contributed by atoms with van der Waals surface area (Å²) in [5.41, 5.74) is 1.27. The molecule has 0 spiro atoms. The van der Waals surface area contributed by atoms with Gasteiger partial charge in [-0.15, -0.1) is 0 Å². The summed E-state index contributed by atoms with van der Waals surface area (Å²) in [6, 6.07) is 10.8. The average Bonchev–Trinajstić information content (AvgIpc) is 2.62. The van der Waals surface area contributed by atoms with Crippen molar-refractivity contribution in [3.8, 4) is 0 Å². The summed E-state index contributed by atoms with van der Waals surface area (Å²) in [4.78, 5) is 0. The molecule has 0 N–H and O–H groups in total. The molecule has 0 aliphatic heterocycles. The first-order valence-electron chi connectivity index (χ1n) is 4.64. The molecular weight excluding hydrogens is 264 g/mol. The largest absolute Gasteiger partial charge is 2.00 e. The molecule has 0 nitrogen and oxygen atoms in total. The van der Waals surface area contributed by atoms with E-state index >= 15 is 0 Å². The second-order valence-corrected chi connectivity index (χ2v) is 3.15. The molecule has 0 radical (unpaired) electrons. The van der Waals surface area contributed by atoms with Gasteiger partial charge in [0, 0.05) is 0 Å². The Labute approximate surface area is 144 Å². The minimum atomic E-state index is 0. The van der Waals surface area contributed by atoms with E-state index in [0.717, 1.165) is 0 Å². The molecule has 0 heterocycles. The molecule has 16 heavy (non-hydrogen) atoms. The van der Waals surface area contributed by atoms with E-state index in [0.29, 0.717) is 0 Å². The number of benzene rings is 1. The fourth-order valence-electron chi connectivity index (χ4n) is 1.20. The molecule has 0 atom stereocenters. The van der Waals surface area contributed by atoms with Gasteiger partial charge in [0.15, 0.2) is 0 Å². The third-order valence-corrected chi connectivity index (χ3v) is 1.93. The Morgan fingerprint density at radius 3 is 1.88 bits per heavy atom. The topological polar surface area (TPSA) is 0 Å². The van der Waals surface area contributed by atoms with Crippen LogP contribution in [0, 0.1) is 19.4 Å². The number of hydrogen-bond donors (Lipinski definition) is 0. The molecule has 0 aromatic heterocycles. The van der Waals surface area contributed by atoms with Gasteiger partial charge >= 0.3 is 46.1 Å². The molecule has 2 rings (SSSR count). The van der Waals surface area contributed by atoms with Crippen LogP contribution in [-0.4, -0.2) is 46.1 Å². The third kappa shape index (κ3) is 15.3. The Bertz CT molecular complexity index is 194. The van der Waals surface area contributed by atoms with Gasteiger partial charge in [0.1, 0.15) is 0 Å². The number of rotatable bonds is 0. The van der Waals surface area contributed by atoms with Crippen molar-refractivity contribution in [3.63, 3.8) is 0 Å². The van der Waals surface area contributed by atoms with E-state index in [9.17, 15) is 0 Å². The molecule has 1 aliphatic carbocycles. The van der Waals surface area contributed by atoms with Gasteiger partial charge in [0.2, 0.25) is 0 Å². The summed E-state index contributed by atoms with van der Waals surface area (Å²) in [6.07, 6.45) is 8.00. The van der Waals surface area contributed by atoms with Crippen molar-refractivity contribution in [2.24, 2.45) is 0 Å². The first-order valence-corrected chi connectivity index (χ1v) is 4.64. The van der Waals surface area contributed by atoms with Crippen LogP contribution in [0.2, 0.25) is 0 Å². The summed E-state index contributed by atoms with van der Waals surface area (Å²) in [6.45, 7) is 2.05. The van der Waals surface area contributed by atoms with Gasteiger partial charge in [0.05, 0.1) is 0 Å². The molecule has 1 fully saturated rings. The monoisotopic (exact) mass is 278 g/mol. The molecule has 1 aromatic carbocycles. The van der Waals surface area contributed by atoms with Crippen molar-refractivity contribution in [3.05, 3.63) is 42.3 Å². The molecule has 0 saturated heterocycles. The minimum absolute atomic E-state index is 0. The smallest absolute Gasteiger partial charge is 1.00 e. The maximum atomic E-state index is 2.96. The Hall–Kier alpha value is 1.33. The van der Waals surface area contributed by atoms with Crippen LogP contribution in [0.25, 0.3) is 0 Å². The van der Waals surface area contributed by atoms with Gasteiger partial charge < -0.3 is 31.2 Å². The summed E-state index contributed by atoms with van der Waals surface area (Å²) in [5.74, 6) is 0. The van der Waals surface area contributed by atoms with E-state index in [4.69, 9.17) is 0 Å². The molecule has 82 valence electrons. The molecule has 0 amide bonds. The normalized spacial score (nSPS) is 11.3. The van der Waals surface area contributed by atoms with Crippen LogP contribution < -0.4 is 24.8 Å². The fourth-order valence-corrected chi connectivity index (χ4v) is 1.20. The Morgan fingerprint density at radius 1 is 1.12 bits per heavy atom. The Balaban J connectivity index is -0.0000000739. The van der Waals surface area contributed by atoms with Crippen LogP contribution in [-0.2, 0) is 0 Å². The quantitative estimate of drug-likeness (QED) is 0.347. The van der Waals surface area contributed by atoms with Gasteiger partial charge in [-0.2, -0.15) is 48.7 Å². The maximum absolute atomic E-state index is 2.96. The van der Waals surface area contributed by atoms with Gasteiger partial charge in [-0.1, -0.05) is 19.8 Å². The predicted octanol–water partition coefficient (Wildman–Crippen LogP) is -3.19. The Kier molecular flexibility index (Phi) is 30.4. The van der Waals surface area contributed by atoms with Gasteiger partial charge in [-0.05, 0) is 0 Å². The van der Waals surface area contributed by atoms with Gasteiger partial charge in [-0.25, -0.2) is 0 Å². The van der Waals surface area contributed by atoms with Crippen LogP contribution in [0.3, 0.4) is 0 Å². The van der Waals surface area contributed by atoms with E-state index in [1.165, 1.54) is 31.2 Å². The Morgan fingerprint density at radius 2 is 1.69 bits per heavy atom. The summed E-state index contributed by atoms with van der Waals surface area (Å²) in [5, 5.41) is 0. The molecule has 1 aliphatic rings. The summed E-state index contributed by atoms with van der Waals surface area (Å²) < 4.78 is 0. The van der Waals surface area contributed by atoms with Crippen molar-refractivity contribution in [2.45, 2.75) is 32.6 Å². The third-order valence-electron chi connectivity index (χ3n) is 1.93. The van der Waals surface area contributed by atoms with E-state index in [1.54, 1.807) is 0 Å². The first-order chi connectivity index (χ1) is 5.89. The standard InChI is InChI=1S/C7H7.C5H9.2ClH.2Mg/c1-7-5-3-2-4-6-7;1-2-4-5-3-1;;;;/h2-3,5-6H,1H3;1H,2-5H2;2*1H;;/q2*-1;;;2*+2/p-2. The van der Waals surface area contributed by atoms with Crippen molar-refractivity contribution >= 4 is 46.1 Å². The van der Waals surface area contributed by atoms with Crippen LogP contribution >= 0.6 is 0 Å². The number of aryl methyl sites for hydroxylation is 1. The van der Waals surface area contributed by atoms with Crippen LogP contribution in [0.15, 0.2) is 24.3 Å². The molecule has 1 aromatic rings. The molecular formula is C12H16Cl2Mg2. The van der Waals surface area contributed by atoms with Crippen molar-refractivity contribution in [1.82, 2.24) is 0 Å². The van der Waals surface area contributed by atoms with Crippen LogP contribution in [0.4, 0.5) is 0 Å². The van der Waals surface area contributed by atoms with Crippen molar-refractivity contribution in [2.75, 3.05) is 0 Å².